The molecule has 0 spiro atoms. The van der Waals surface area contributed by atoms with E-state index >= 15 is 0 Å². The summed E-state index contributed by atoms with van der Waals surface area (Å²) < 4.78 is 8.64. The maximum absolute atomic E-state index is 12.6. The molecule has 0 unspecified atom stereocenters. The van der Waals surface area contributed by atoms with Crippen LogP contribution in [0.15, 0.2) is 65.5 Å². The second-order valence-corrected chi connectivity index (χ2v) is 7.19. The van der Waals surface area contributed by atoms with E-state index in [1.165, 1.54) is 4.68 Å². The highest BCUT2D eigenvalue weighted by Gasteiger charge is 2.28. The number of hydrogen-bond donors (Lipinski definition) is 0. The van der Waals surface area contributed by atoms with E-state index in [1.54, 1.807) is 11.6 Å². The van der Waals surface area contributed by atoms with E-state index in [4.69, 9.17) is 4.74 Å². The van der Waals surface area contributed by atoms with Crippen molar-refractivity contribution in [2.45, 2.75) is 18.8 Å². The van der Waals surface area contributed by atoms with Gasteiger partial charge in [-0.1, -0.05) is 36.4 Å². The number of piperidine rings is 1. The van der Waals surface area contributed by atoms with Gasteiger partial charge in [0.15, 0.2) is 6.61 Å². The molecule has 1 fully saturated rings. The standard InChI is InChI=1S/C22H24N4O3/c1-24-22(28)26(18-8-4-2-5-9-18)21(23-24)17-12-14-25(15-13-17)20(27)16-29-19-10-6-3-7-11-19/h2-11,17H,12-16H2,1H3. The fourth-order valence-corrected chi connectivity index (χ4v) is 3.71. The molecule has 2 aromatic carbocycles. The quantitative estimate of drug-likeness (QED) is 0.668. The molecule has 150 valence electrons. The zero-order valence-electron chi connectivity index (χ0n) is 16.4. The molecule has 3 aromatic rings. The van der Waals surface area contributed by atoms with Crippen LogP contribution < -0.4 is 10.4 Å². The van der Waals surface area contributed by atoms with Gasteiger partial charge >= 0.3 is 5.69 Å². The molecule has 0 N–H and O–H groups in total. The van der Waals surface area contributed by atoms with Crippen LogP contribution in [0.2, 0.25) is 0 Å². The van der Waals surface area contributed by atoms with Gasteiger partial charge in [-0.3, -0.25) is 4.79 Å². The maximum Gasteiger partial charge on any atom is 0.350 e. The number of likely N-dealkylation sites (tertiary alicyclic amines) is 1. The zero-order valence-corrected chi connectivity index (χ0v) is 16.4. The fourth-order valence-electron chi connectivity index (χ4n) is 3.71. The van der Waals surface area contributed by atoms with Gasteiger partial charge in [0, 0.05) is 26.1 Å². The molecule has 1 saturated heterocycles. The Balaban J connectivity index is 1.42. The summed E-state index contributed by atoms with van der Waals surface area (Å²) in [5.41, 5.74) is 0.663. The molecular formula is C22H24N4O3. The second-order valence-electron chi connectivity index (χ2n) is 7.19. The lowest BCUT2D eigenvalue weighted by atomic mass is 9.95. The third-order valence-corrected chi connectivity index (χ3v) is 5.28. The van der Waals surface area contributed by atoms with Crippen LogP contribution in [0.1, 0.15) is 24.6 Å². The van der Waals surface area contributed by atoms with Crippen LogP contribution in [-0.4, -0.2) is 44.9 Å². The third kappa shape index (κ3) is 4.08. The highest BCUT2D eigenvalue weighted by Crippen LogP contribution is 2.27. The monoisotopic (exact) mass is 392 g/mol. The molecule has 1 aliphatic rings. The molecule has 7 heteroatoms. The van der Waals surface area contributed by atoms with E-state index in [0.717, 1.165) is 24.4 Å². The van der Waals surface area contributed by atoms with Crippen LogP contribution in [0.4, 0.5) is 0 Å². The highest BCUT2D eigenvalue weighted by molar-refractivity contribution is 5.77. The number of amides is 1. The van der Waals surface area contributed by atoms with E-state index in [0.29, 0.717) is 18.8 Å². The van der Waals surface area contributed by atoms with Gasteiger partial charge in [0.25, 0.3) is 5.91 Å². The summed E-state index contributed by atoms with van der Waals surface area (Å²) >= 11 is 0. The number of carbonyl (C=O) groups excluding carboxylic acids is 1. The largest absolute Gasteiger partial charge is 0.484 e. The van der Waals surface area contributed by atoms with Crippen molar-refractivity contribution >= 4 is 5.91 Å². The predicted molar refractivity (Wildman–Crippen MR) is 109 cm³/mol. The number of aromatic nitrogens is 3. The number of ether oxygens (including phenoxy) is 1. The number of nitrogens with zero attached hydrogens (tertiary/aromatic N) is 4. The average Bonchev–Trinajstić information content (AvgIpc) is 3.08. The zero-order chi connectivity index (χ0) is 20.2. The lowest BCUT2D eigenvalue weighted by molar-refractivity contribution is -0.134. The van der Waals surface area contributed by atoms with E-state index in [2.05, 4.69) is 5.10 Å². The van der Waals surface area contributed by atoms with E-state index in [1.807, 2.05) is 65.6 Å². The van der Waals surface area contributed by atoms with Crippen LogP contribution in [0.3, 0.4) is 0 Å². The van der Waals surface area contributed by atoms with Crippen LogP contribution in [0.5, 0.6) is 5.75 Å². The van der Waals surface area contributed by atoms with Gasteiger partial charge in [-0.2, -0.15) is 5.10 Å². The summed E-state index contributed by atoms with van der Waals surface area (Å²) in [5, 5.41) is 4.50. The Kier molecular flexibility index (Phi) is 5.46. The van der Waals surface area contributed by atoms with Gasteiger partial charge in [0.2, 0.25) is 0 Å². The summed E-state index contributed by atoms with van der Waals surface area (Å²) in [5.74, 6) is 1.56. The number of carbonyl (C=O) groups is 1. The minimum atomic E-state index is -0.152. The summed E-state index contributed by atoms with van der Waals surface area (Å²) in [4.78, 5) is 26.9. The van der Waals surface area contributed by atoms with Crippen molar-refractivity contribution in [2.24, 2.45) is 7.05 Å². The van der Waals surface area contributed by atoms with Crippen LogP contribution in [-0.2, 0) is 11.8 Å². The topological polar surface area (TPSA) is 69.4 Å². The molecule has 0 aliphatic carbocycles. The summed E-state index contributed by atoms with van der Waals surface area (Å²) in [7, 11) is 1.67. The van der Waals surface area contributed by atoms with Crippen molar-refractivity contribution in [1.82, 2.24) is 19.2 Å². The van der Waals surface area contributed by atoms with Gasteiger partial charge in [0.1, 0.15) is 11.6 Å². The van der Waals surface area contributed by atoms with Crippen molar-refractivity contribution < 1.29 is 9.53 Å². The fraction of sp³-hybridized carbons (Fsp3) is 0.318. The van der Waals surface area contributed by atoms with Gasteiger partial charge in [0.05, 0.1) is 5.69 Å². The van der Waals surface area contributed by atoms with Gasteiger partial charge < -0.3 is 9.64 Å². The lowest BCUT2D eigenvalue weighted by Crippen LogP contribution is -2.41. The van der Waals surface area contributed by atoms with Crippen LogP contribution >= 0.6 is 0 Å². The molecule has 1 amide bonds. The Morgan fingerprint density at radius 2 is 1.66 bits per heavy atom. The Bertz CT molecular complexity index is 1020. The second kappa shape index (κ2) is 8.34. The van der Waals surface area contributed by atoms with Crippen molar-refractivity contribution in [3.05, 3.63) is 77.0 Å². The molecular weight excluding hydrogens is 368 g/mol. The molecule has 1 aliphatic heterocycles. The predicted octanol–water partition coefficient (Wildman–Crippen LogP) is 2.36. The van der Waals surface area contributed by atoms with Gasteiger partial charge in [-0.15, -0.1) is 0 Å². The van der Waals surface area contributed by atoms with Crippen LogP contribution in [0.25, 0.3) is 5.69 Å². The minimum absolute atomic E-state index is 0.0197. The smallest absolute Gasteiger partial charge is 0.350 e. The molecule has 0 radical (unpaired) electrons. The minimum Gasteiger partial charge on any atom is -0.484 e. The molecule has 0 saturated carbocycles. The summed E-state index contributed by atoms with van der Waals surface area (Å²) in [6.45, 7) is 1.29. The van der Waals surface area contributed by atoms with Crippen LogP contribution in [0, 0.1) is 0 Å². The summed E-state index contributed by atoms with van der Waals surface area (Å²) in [6.07, 6.45) is 1.53. The molecule has 29 heavy (non-hydrogen) atoms. The number of aryl methyl sites for hydroxylation is 1. The number of hydrogen-bond acceptors (Lipinski definition) is 4. The average molecular weight is 392 g/mol. The molecule has 2 heterocycles. The van der Waals surface area contributed by atoms with Crippen molar-refractivity contribution in [3.63, 3.8) is 0 Å². The van der Waals surface area contributed by atoms with E-state index in [-0.39, 0.29) is 24.1 Å². The Morgan fingerprint density at radius 3 is 2.31 bits per heavy atom. The Morgan fingerprint density at radius 1 is 1.03 bits per heavy atom. The molecule has 0 atom stereocenters. The molecule has 4 rings (SSSR count). The third-order valence-electron chi connectivity index (χ3n) is 5.28. The van der Waals surface area contributed by atoms with Crippen molar-refractivity contribution in [2.75, 3.05) is 19.7 Å². The SMILES string of the molecule is Cn1nc(C2CCN(C(=O)COc3ccccc3)CC2)n(-c2ccccc2)c1=O. The molecule has 1 aromatic heterocycles. The first-order chi connectivity index (χ1) is 14.1. The normalized spacial score (nSPS) is 14.7. The molecule has 7 nitrogen and oxygen atoms in total. The highest BCUT2D eigenvalue weighted by atomic mass is 16.5. The van der Waals surface area contributed by atoms with Crippen molar-refractivity contribution in [3.8, 4) is 11.4 Å². The van der Waals surface area contributed by atoms with Gasteiger partial charge in [-0.25, -0.2) is 14.0 Å². The number of benzene rings is 2. The van der Waals surface area contributed by atoms with E-state index in [9.17, 15) is 9.59 Å². The number of para-hydroxylation sites is 2. The first-order valence-corrected chi connectivity index (χ1v) is 9.80. The Hall–Kier alpha value is -3.35. The van der Waals surface area contributed by atoms with E-state index < -0.39 is 0 Å². The number of rotatable bonds is 5. The van der Waals surface area contributed by atoms with Gasteiger partial charge in [-0.05, 0) is 37.1 Å². The Labute approximate surface area is 169 Å². The first kappa shape index (κ1) is 19.0. The van der Waals surface area contributed by atoms with Crippen molar-refractivity contribution in [1.29, 1.82) is 0 Å². The lowest BCUT2D eigenvalue weighted by Gasteiger charge is -2.31. The molecule has 0 bridgehead atoms. The first-order valence-electron chi connectivity index (χ1n) is 9.80. The summed E-state index contributed by atoms with van der Waals surface area (Å²) in [6, 6.07) is 18.9. The maximum atomic E-state index is 12.6.